The molecule has 0 atom stereocenters. The number of nitrogens with one attached hydrogen (secondary N) is 1. The van der Waals surface area contributed by atoms with Gasteiger partial charge in [0.2, 0.25) is 0 Å². The van der Waals surface area contributed by atoms with Crippen molar-refractivity contribution < 1.29 is 4.79 Å². The van der Waals surface area contributed by atoms with E-state index in [4.69, 9.17) is 11.6 Å². The molecule has 21 heavy (non-hydrogen) atoms. The Morgan fingerprint density at radius 2 is 1.90 bits per heavy atom. The zero-order valence-electron chi connectivity index (χ0n) is 11.2. The zero-order valence-corrected chi connectivity index (χ0v) is 13.6. The topological polar surface area (TPSA) is 45.2 Å². The van der Waals surface area contributed by atoms with Crippen molar-refractivity contribution in [2.75, 3.05) is 26.2 Å². The molecule has 2 aromatic rings. The monoisotopic (exact) mass is 347 g/mol. The first-order valence-corrected chi connectivity index (χ1v) is 6.68. The SMILES string of the molecule is Cl.Cl.O=C(c1ccc(Cl)c2cccnc12)N1CCNCC1. The van der Waals surface area contributed by atoms with Crippen LogP contribution in [0.1, 0.15) is 10.4 Å². The fourth-order valence-corrected chi connectivity index (χ4v) is 2.56. The normalized spacial score (nSPS) is 14.2. The van der Waals surface area contributed by atoms with Crippen LogP contribution in [0.4, 0.5) is 0 Å². The highest BCUT2D eigenvalue weighted by atomic mass is 35.5. The van der Waals surface area contributed by atoms with E-state index in [0.29, 0.717) is 16.1 Å². The number of benzene rings is 1. The molecule has 0 unspecified atom stereocenters. The first-order valence-electron chi connectivity index (χ1n) is 6.30. The third-order valence-electron chi connectivity index (χ3n) is 3.35. The Hall–Kier alpha value is -1.07. The van der Waals surface area contributed by atoms with Gasteiger partial charge in [-0.1, -0.05) is 11.6 Å². The molecule has 1 aliphatic rings. The Balaban J connectivity index is 0.00000110. The summed E-state index contributed by atoms with van der Waals surface area (Å²) in [6.45, 7) is 3.14. The summed E-state index contributed by atoms with van der Waals surface area (Å²) in [4.78, 5) is 18.7. The molecular weight excluding hydrogens is 333 g/mol. The van der Waals surface area contributed by atoms with Crippen LogP contribution < -0.4 is 5.32 Å². The van der Waals surface area contributed by atoms with Gasteiger partial charge in [-0.25, -0.2) is 0 Å². The fourth-order valence-electron chi connectivity index (χ4n) is 2.35. The van der Waals surface area contributed by atoms with E-state index in [2.05, 4.69) is 10.3 Å². The summed E-state index contributed by atoms with van der Waals surface area (Å²) in [5.41, 5.74) is 1.31. The first kappa shape index (κ1) is 18.0. The largest absolute Gasteiger partial charge is 0.336 e. The predicted octanol–water partition coefficient (Wildman–Crippen LogP) is 2.78. The van der Waals surface area contributed by atoms with Crippen LogP contribution in [0.2, 0.25) is 5.02 Å². The van der Waals surface area contributed by atoms with Crippen LogP contribution >= 0.6 is 36.4 Å². The van der Waals surface area contributed by atoms with Crippen molar-refractivity contribution in [2.45, 2.75) is 0 Å². The lowest BCUT2D eigenvalue weighted by atomic mass is 10.1. The molecule has 1 aliphatic heterocycles. The molecule has 7 heteroatoms. The molecule has 0 radical (unpaired) electrons. The minimum Gasteiger partial charge on any atom is -0.336 e. The molecule has 1 aromatic carbocycles. The van der Waals surface area contributed by atoms with Crippen LogP contribution in [-0.2, 0) is 0 Å². The molecular formula is C14H16Cl3N3O. The summed E-state index contributed by atoms with van der Waals surface area (Å²) in [5.74, 6) is 0.0295. The Kier molecular flexibility index (Phi) is 6.68. The van der Waals surface area contributed by atoms with E-state index in [1.807, 2.05) is 17.0 Å². The van der Waals surface area contributed by atoms with Gasteiger partial charge in [-0.05, 0) is 24.3 Å². The summed E-state index contributed by atoms with van der Waals surface area (Å²) in [7, 11) is 0. The number of piperazine rings is 1. The number of nitrogens with zero attached hydrogens (tertiary/aromatic N) is 2. The van der Waals surface area contributed by atoms with Crippen molar-refractivity contribution in [1.82, 2.24) is 15.2 Å². The molecule has 1 aromatic heterocycles. The number of amides is 1. The average Bonchev–Trinajstić information content (AvgIpc) is 2.48. The smallest absolute Gasteiger partial charge is 0.256 e. The van der Waals surface area contributed by atoms with E-state index >= 15 is 0 Å². The van der Waals surface area contributed by atoms with Crippen molar-refractivity contribution in [3.63, 3.8) is 0 Å². The zero-order chi connectivity index (χ0) is 13.2. The van der Waals surface area contributed by atoms with Crippen LogP contribution in [0, 0.1) is 0 Å². The maximum Gasteiger partial charge on any atom is 0.256 e. The third-order valence-corrected chi connectivity index (χ3v) is 3.68. The van der Waals surface area contributed by atoms with Gasteiger partial charge in [-0.3, -0.25) is 9.78 Å². The quantitative estimate of drug-likeness (QED) is 0.862. The molecule has 0 saturated carbocycles. The number of hydrogen-bond acceptors (Lipinski definition) is 3. The van der Waals surface area contributed by atoms with E-state index in [-0.39, 0.29) is 30.7 Å². The van der Waals surface area contributed by atoms with Gasteiger partial charge < -0.3 is 10.2 Å². The number of halogens is 3. The third kappa shape index (κ3) is 3.58. The average molecular weight is 349 g/mol. The number of hydrogen-bond donors (Lipinski definition) is 1. The van der Waals surface area contributed by atoms with Gasteiger partial charge in [0.15, 0.2) is 0 Å². The fraction of sp³-hybridized carbons (Fsp3) is 0.286. The van der Waals surface area contributed by atoms with Gasteiger partial charge in [0, 0.05) is 37.8 Å². The van der Waals surface area contributed by atoms with E-state index in [9.17, 15) is 4.79 Å². The van der Waals surface area contributed by atoms with Gasteiger partial charge in [-0.15, -0.1) is 24.8 Å². The van der Waals surface area contributed by atoms with Crippen LogP contribution in [0.25, 0.3) is 10.9 Å². The maximum absolute atomic E-state index is 12.5. The number of rotatable bonds is 1. The number of carbonyl (C=O) groups excluding carboxylic acids is 1. The second kappa shape index (κ2) is 7.80. The molecule has 2 heterocycles. The lowest BCUT2D eigenvalue weighted by Gasteiger charge is -2.27. The molecule has 4 nitrogen and oxygen atoms in total. The summed E-state index contributed by atoms with van der Waals surface area (Å²) in [6.07, 6.45) is 1.69. The van der Waals surface area contributed by atoms with Gasteiger partial charge in [0.25, 0.3) is 5.91 Å². The molecule has 0 aliphatic carbocycles. The van der Waals surface area contributed by atoms with E-state index < -0.39 is 0 Å². The van der Waals surface area contributed by atoms with E-state index in [1.54, 1.807) is 18.3 Å². The standard InChI is InChI=1S/C14H14ClN3O.2ClH/c15-12-4-3-11(13-10(12)2-1-5-17-13)14(19)18-8-6-16-7-9-18;;/h1-5,16H,6-9H2;2*1H. The lowest BCUT2D eigenvalue weighted by molar-refractivity contribution is 0.0737. The van der Waals surface area contributed by atoms with Crippen molar-refractivity contribution in [3.8, 4) is 0 Å². The number of aromatic nitrogens is 1. The Labute approximate surface area is 140 Å². The minimum atomic E-state index is 0. The molecule has 0 bridgehead atoms. The first-order chi connectivity index (χ1) is 9.27. The predicted molar refractivity (Wildman–Crippen MR) is 90.0 cm³/mol. The molecule has 1 N–H and O–H groups in total. The van der Waals surface area contributed by atoms with Gasteiger partial charge >= 0.3 is 0 Å². The molecule has 1 saturated heterocycles. The summed E-state index contributed by atoms with van der Waals surface area (Å²) in [6, 6.07) is 7.25. The lowest BCUT2D eigenvalue weighted by Crippen LogP contribution is -2.46. The van der Waals surface area contributed by atoms with Crippen molar-refractivity contribution >= 4 is 53.2 Å². The van der Waals surface area contributed by atoms with Gasteiger partial charge in [0.1, 0.15) is 0 Å². The van der Waals surface area contributed by atoms with Crippen LogP contribution in [0.3, 0.4) is 0 Å². The summed E-state index contributed by atoms with van der Waals surface area (Å²) < 4.78 is 0. The second-order valence-corrected chi connectivity index (χ2v) is 4.94. The van der Waals surface area contributed by atoms with Crippen LogP contribution in [0.15, 0.2) is 30.5 Å². The van der Waals surface area contributed by atoms with Crippen LogP contribution in [-0.4, -0.2) is 42.0 Å². The molecule has 1 amide bonds. The number of fused-ring (bicyclic) bond motifs is 1. The highest BCUT2D eigenvalue weighted by Gasteiger charge is 2.20. The summed E-state index contributed by atoms with van der Waals surface area (Å²) >= 11 is 6.14. The van der Waals surface area contributed by atoms with Crippen molar-refractivity contribution in [1.29, 1.82) is 0 Å². The molecule has 0 spiro atoms. The Morgan fingerprint density at radius 3 is 2.62 bits per heavy atom. The highest BCUT2D eigenvalue weighted by molar-refractivity contribution is 6.36. The van der Waals surface area contributed by atoms with E-state index in [0.717, 1.165) is 31.6 Å². The van der Waals surface area contributed by atoms with Crippen molar-refractivity contribution in [2.24, 2.45) is 0 Å². The number of carbonyl (C=O) groups is 1. The van der Waals surface area contributed by atoms with Gasteiger partial charge in [-0.2, -0.15) is 0 Å². The van der Waals surface area contributed by atoms with Crippen molar-refractivity contribution in [3.05, 3.63) is 41.0 Å². The van der Waals surface area contributed by atoms with Crippen LogP contribution in [0.5, 0.6) is 0 Å². The number of pyridine rings is 1. The summed E-state index contributed by atoms with van der Waals surface area (Å²) in [5, 5.41) is 4.69. The molecule has 1 fully saturated rings. The highest BCUT2D eigenvalue weighted by Crippen LogP contribution is 2.25. The Morgan fingerprint density at radius 1 is 1.19 bits per heavy atom. The van der Waals surface area contributed by atoms with Gasteiger partial charge in [0.05, 0.1) is 16.1 Å². The maximum atomic E-state index is 12.5. The molecule has 3 rings (SSSR count). The second-order valence-electron chi connectivity index (χ2n) is 4.54. The molecule has 114 valence electrons. The minimum absolute atomic E-state index is 0. The van der Waals surface area contributed by atoms with E-state index in [1.165, 1.54) is 0 Å². The Bertz CT molecular complexity index is 630.